The van der Waals surface area contributed by atoms with Crippen LogP contribution in [0.15, 0.2) is 12.1 Å². The highest BCUT2D eigenvalue weighted by Gasteiger charge is 2.22. The number of aromatic nitrogens is 2. The fourth-order valence-electron chi connectivity index (χ4n) is 1.42. The number of nitrogens with two attached hydrogens (primary N) is 1. The lowest BCUT2D eigenvalue weighted by molar-refractivity contribution is 0.416. The number of phenols is 1. The fraction of sp³-hybridized carbons (Fsp3) is 0.100. The third-order valence-electron chi connectivity index (χ3n) is 2.32. The van der Waals surface area contributed by atoms with Crippen LogP contribution in [0.25, 0.3) is 11.3 Å². The van der Waals surface area contributed by atoms with Crippen molar-refractivity contribution in [1.29, 1.82) is 0 Å². The molecule has 7 heteroatoms. The van der Waals surface area contributed by atoms with Gasteiger partial charge in [-0.25, -0.2) is 13.2 Å². The van der Waals surface area contributed by atoms with Gasteiger partial charge >= 0.3 is 0 Å². The van der Waals surface area contributed by atoms with Gasteiger partial charge in [-0.1, -0.05) is 0 Å². The predicted molar refractivity (Wildman–Crippen MR) is 54.6 cm³/mol. The van der Waals surface area contributed by atoms with Crippen LogP contribution in [0.5, 0.6) is 5.75 Å². The second kappa shape index (κ2) is 3.69. The van der Waals surface area contributed by atoms with E-state index in [0.29, 0.717) is 0 Å². The highest BCUT2D eigenvalue weighted by Crippen LogP contribution is 2.35. The molecule has 0 spiro atoms. The van der Waals surface area contributed by atoms with Crippen LogP contribution in [0.3, 0.4) is 0 Å². The molecule has 0 fully saturated rings. The zero-order valence-corrected chi connectivity index (χ0v) is 8.71. The van der Waals surface area contributed by atoms with Gasteiger partial charge in [0.15, 0.2) is 23.2 Å². The minimum absolute atomic E-state index is 0.140. The number of phenolic OH excluding ortho intramolecular Hbond substituents is 1. The number of nitrogen functional groups attached to an aromatic ring is 1. The van der Waals surface area contributed by atoms with Gasteiger partial charge < -0.3 is 10.8 Å². The van der Waals surface area contributed by atoms with Gasteiger partial charge in [-0.15, -0.1) is 0 Å². The Balaban J connectivity index is 2.74. The molecule has 0 saturated carbocycles. The maximum atomic E-state index is 13.5. The Labute approximate surface area is 94.1 Å². The molecule has 90 valence electrons. The van der Waals surface area contributed by atoms with E-state index >= 15 is 0 Å². The van der Waals surface area contributed by atoms with E-state index in [1.807, 2.05) is 0 Å². The van der Waals surface area contributed by atoms with E-state index in [2.05, 4.69) is 5.10 Å². The molecule has 0 aliphatic heterocycles. The first-order valence-electron chi connectivity index (χ1n) is 4.58. The quantitative estimate of drug-likeness (QED) is 0.750. The molecule has 1 aromatic carbocycles. The summed E-state index contributed by atoms with van der Waals surface area (Å²) in [5, 5.41) is 13.1. The monoisotopic (exact) mass is 243 g/mol. The normalized spacial score (nSPS) is 10.8. The largest absolute Gasteiger partial charge is 0.504 e. The number of aromatic hydroxyl groups is 1. The summed E-state index contributed by atoms with van der Waals surface area (Å²) in [6.45, 7) is 0. The Kier molecular flexibility index (Phi) is 2.45. The van der Waals surface area contributed by atoms with E-state index in [1.54, 1.807) is 0 Å². The molecule has 0 amide bonds. The number of benzene rings is 1. The number of nitrogens with zero attached hydrogens (tertiary/aromatic N) is 2. The van der Waals surface area contributed by atoms with Gasteiger partial charge in [0.05, 0.1) is 5.56 Å². The maximum absolute atomic E-state index is 13.5. The van der Waals surface area contributed by atoms with E-state index in [1.165, 1.54) is 17.8 Å². The van der Waals surface area contributed by atoms with E-state index < -0.39 is 28.8 Å². The van der Waals surface area contributed by atoms with Crippen molar-refractivity contribution in [3.8, 4) is 17.0 Å². The molecular weight excluding hydrogens is 235 g/mol. The van der Waals surface area contributed by atoms with Gasteiger partial charge in [0.1, 0.15) is 11.5 Å². The highest BCUT2D eigenvalue weighted by atomic mass is 19.2. The highest BCUT2D eigenvalue weighted by molar-refractivity contribution is 5.69. The van der Waals surface area contributed by atoms with Crippen molar-refractivity contribution in [1.82, 2.24) is 9.78 Å². The number of hydrogen-bond donors (Lipinski definition) is 2. The molecule has 0 aliphatic rings. The van der Waals surface area contributed by atoms with Crippen molar-refractivity contribution >= 4 is 5.82 Å². The third kappa shape index (κ3) is 1.69. The molecule has 3 N–H and O–H groups in total. The van der Waals surface area contributed by atoms with Crippen molar-refractivity contribution in [3.63, 3.8) is 0 Å². The second-order valence-electron chi connectivity index (χ2n) is 3.46. The minimum atomic E-state index is -1.40. The van der Waals surface area contributed by atoms with Gasteiger partial charge in [0.25, 0.3) is 0 Å². The van der Waals surface area contributed by atoms with E-state index in [0.717, 1.165) is 0 Å². The van der Waals surface area contributed by atoms with Crippen LogP contribution in [0.1, 0.15) is 0 Å². The summed E-state index contributed by atoms with van der Waals surface area (Å²) in [5.74, 6) is -4.87. The second-order valence-corrected chi connectivity index (χ2v) is 3.46. The van der Waals surface area contributed by atoms with Gasteiger partial charge in [0, 0.05) is 19.2 Å². The first-order valence-corrected chi connectivity index (χ1v) is 4.58. The third-order valence-corrected chi connectivity index (χ3v) is 2.32. The van der Waals surface area contributed by atoms with Crippen molar-refractivity contribution in [2.45, 2.75) is 0 Å². The number of anilines is 1. The number of aryl methyl sites for hydroxylation is 1. The summed E-state index contributed by atoms with van der Waals surface area (Å²) in [7, 11) is 1.48. The molecule has 1 aromatic heterocycles. The number of hydrogen-bond acceptors (Lipinski definition) is 3. The molecule has 0 saturated heterocycles. The van der Waals surface area contributed by atoms with Gasteiger partial charge in [-0.3, -0.25) is 4.68 Å². The molecule has 4 nitrogen and oxygen atoms in total. The molecule has 17 heavy (non-hydrogen) atoms. The zero-order chi connectivity index (χ0) is 12.7. The molecule has 1 heterocycles. The lowest BCUT2D eigenvalue weighted by Gasteiger charge is -2.04. The fourth-order valence-corrected chi connectivity index (χ4v) is 1.42. The van der Waals surface area contributed by atoms with Crippen molar-refractivity contribution < 1.29 is 18.3 Å². The summed E-state index contributed by atoms with van der Waals surface area (Å²) in [5.41, 5.74) is 4.68. The Morgan fingerprint density at radius 2 is 1.88 bits per heavy atom. The summed E-state index contributed by atoms with van der Waals surface area (Å²) in [6.07, 6.45) is 0. The Morgan fingerprint density at radius 1 is 1.24 bits per heavy atom. The lowest BCUT2D eigenvalue weighted by Crippen LogP contribution is -1.97. The van der Waals surface area contributed by atoms with E-state index in [4.69, 9.17) is 5.73 Å². The maximum Gasteiger partial charge on any atom is 0.172 e. The van der Waals surface area contributed by atoms with Gasteiger partial charge in [-0.05, 0) is 0 Å². The molecule has 0 radical (unpaired) electrons. The molecule has 0 bridgehead atoms. The molecule has 0 atom stereocenters. The average molecular weight is 243 g/mol. The SMILES string of the molecule is Cn1nc(-c2c(O)c(F)cc(F)c2F)cc1N. The van der Waals surface area contributed by atoms with Crippen molar-refractivity contribution in [2.24, 2.45) is 7.05 Å². The minimum Gasteiger partial charge on any atom is -0.504 e. The average Bonchev–Trinajstić information content (AvgIpc) is 2.57. The lowest BCUT2D eigenvalue weighted by atomic mass is 10.1. The van der Waals surface area contributed by atoms with Gasteiger partial charge in [-0.2, -0.15) is 5.10 Å². The zero-order valence-electron chi connectivity index (χ0n) is 8.71. The first-order chi connectivity index (χ1) is 7.91. The van der Waals surface area contributed by atoms with Crippen LogP contribution in [0.2, 0.25) is 0 Å². The van der Waals surface area contributed by atoms with Gasteiger partial charge in [0.2, 0.25) is 0 Å². The van der Waals surface area contributed by atoms with Crippen LogP contribution in [0.4, 0.5) is 19.0 Å². The van der Waals surface area contributed by atoms with Crippen LogP contribution >= 0.6 is 0 Å². The smallest absolute Gasteiger partial charge is 0.172 e. The Morgan fingerprint density at radius 3 is 2.41 bits per heavy atom. The molecule has 2 rings (SSSR count). The van der Waals surface area contributed by atoms with Crippen molar-refractivity contribution in [3.05, 3.63) is 29.6 Å². The molecule has 2 aromatic rings. The molecule has 0 unspecified atom stereocenters. The standard InChI is InChI=1S/C10H8F3N3O/c1-16-7(14)3-6(15-16)8-9(13)4(11)2-5(12)10(8)17/h2-3,17H,14H2,1H3. The van der Waals surface area contributed by atoms with Crippen LogP contribution < -0.4 is 5.73 Å². The number of halogens is 3. The summed E-state index contributed by atoms with van der Waals surface area (Å²) in [6, 6.07) is 1.47. The van der Waals surface area contributed by atoms with E-state index in [-0.39, 0.29) is 17.6 Å². The molecular formula is C10H8F3N3O. The summed E-state index contributed by atoms with van der Waals surface area (Å²) >= 11 is 0. The molecule has 0 aliphatic carbocycles. The Hall–Kier alpha value is -2.18. The summed E-state index contributed by atoms with van der Waals surface area (Å²) in [4.78, 5) is 0. The van der Waals surface area contributed by atoms with Crippen molar-refractivity contribution in [2.75, 3.05) is 5.73 Å². The van der Waals surface area contributed by atoms with Crippen LogP contribution in [-0.2, 0) is 7.05 Å². The topological polar surface area (TPSA) is 64.1 Å². The summed E-state index contributed by atoms with van der Waals surface area (Å²) < 4.78 is 40.8. The van der Waals surface area contributed by atoms with E-state index in [9.17, 15) is 18.3 Å². The van der Waals surface area contributed by atoms with Crippen LogP contribution in [0, 0.1) is 17.5 Å². The first kappa shape index (κ1) is 11.3. The Bertz CT molecular complexity index is 549. The number of rotatable bonds is 1. The predicted octanol–water partition coefficient (Wildman–Crippen LogP) is 1.79. The van der Waals surface area contributed by atoms with Crippen LogP contribution in [-0.4, -0.2) is 14.9 Å².